The topological polar surface area (TPSA) is 0 Å². The number of rotatable bonds is 3. The lowest BCUT2D eigenvalue weighted by atomic mass is 9.82. The van der Waals surface area contributed by atoms with Crippen LogP contribution in [0.1, 0.15) is 27.8 Å². The van der Waals surface area contributed by atoms with Crippen LogP contribution in [0.2, 0.25) is 0 Å². The van der Waals surface area contributed by atoms with Gasteiger partial charge in [0.2, 0.25) is 0 Å². The van der Waals surface area contributed by atoms with Crippen molar-refractivity contribution in [3.05, 3.63) is 107 Å². The molecule has 110 valence electrons. The van der Waals surface area contributed by atoms with Gasteiger partial charge in [0.1, 0.15) is 4.87 Å². The number of alkyl halides is 1. The van der Waals surface area contributed by atoms with Crippen molar-refractivity contribution in [3.63, 3.8) is 0 Å². The van der Waals surface area contributed by atoms with Crippen molar-refractivity contribution < 1.29 is 0 Å². The second kappa shape index (κ2) is 5.98. The highest BCUT2D eigenvalue weighted by molar-refractivity contribution is 6.28. The number of benzene rings is 3. The first-order chi connectivity index (χ1) is 10.6. The first-order valence-corrected chi connectivity index (χ1v) is 7.88. The van der Waals surface area contributed by atoms with Crippen LogP contribution in [0, 0.1) is 13.8 Å². The van der Waals surface area contributed by atoms with Crippen LogP contribution >= 0.6 is 11.6 Å². The summed E-state index contributed by atoms with van der Waals surface area (Å²) in [6.45, 7) is 4.24. The van der Waals surface area contributed by atoms with E-state index in [1.807, 2.05) is 36.4 Å². The average Bonchev–Trinajstić information content (AvgIpc) is 2.56. The molecule has 0 heterocycles. The largest absolute Gasteiger partial charge is 0.120 e. The summed E-state index contributed by atoms with van der Waals surface area (Å²) in [5.74, 6) is 0. The fraction of sp³-hybridized carbons (Fsp3) is 0.143. The van der Waals surface area contributed by atoms with Gasteiger partial charge in [-0.1, -0.05) is 84.4 Å². The van der Waals surface area contributed by atoms with Gasteiger partial charge in [-0.25, -0.2) is 0 Å². The highest BCUT2D eigenvalue weighted by atomic mass is 35.5. The summed E-state index contributed by atoms with van der Waals surface area (Å²) in [6, 6.07) is 27.1. The van der Waals surface area contributed by atoms with Gasteiger partial charge in [0.15, 0.2) is 0 Å². The van der Waals surface area contributed by atoms with Crippen molar-refractivity contribution >= 4 is 11.6 Å². The molecule has 0 saturated heterocycles. The third-order valence-corrected chi connectivity index (χ3v) is 4.74. The Bertz CT molecular complexity index is 721. The van der Waals surface area contributed by atoms with Gasteiger partial charge < -0.3 is 0 Å². The molecule has 1 heteroatoms. The van der Waals surface area contributed by atoms with E-state index in [0.29, 0.717) is 0 Å². The number of hydrogen-bond acceptors (Lipinski definition) is 0. The molecule has 3 rings (SSSR count). The van der Waals surface area contributed by atoms with Crippen LogP contribution in [0.3, 0.4) is 0 Å². The number of hydrogen-bond donors (Lipinski definition) is 0. The third kappa shape index (κ3) is 2.55. The van der Waals surface area contributed by atoms with Crippen LogP contribution in [0.15, 0.2) is 78.9 Å². The lowest BCUT2D eigenvalue weighted by molar-refractivity contribution is 0.867. The fourth-order valence-corrected chi connectivity index (χ4v) is 3.48. The van der Waals surface area contributed by atoms with E-state index in [9.17, 15) is 0 Å². The van der Waals surface area contributed by atoms with E-state index in [1.54, 1.807) is 0 Å². The van der Waals surface area contributed by atoms with Crippen LogP contribution in [-0.4, -0.2) is 0 Å². The lowest BCUT2D eigenvalue weighted by Gasteiger charge is -2.30. The van der Waals surface area contributed by atoms with Gasteiger partial charge in [0.05, 0.1) is 0 Å². The highest BCUT2D eigenvalue weighted by Gasteiger charge is 2.34. The minimum absolute atomic E-state index is 0.666. The molecule has 0 bridgehead atoms. The van der Waals surface area contributed by atoms with Crippen molar-refractivity contribution in [2.24, 2.45) is 0 Å². The Balaban J connectivity index is 2.28. The van der Waals surface area contributed by atoms with E-state index >= 15 is 0 Å². The summed E-state index contributed by atoms with van der Waals surface area (Å²) in [4.78, 5) is -0.666. The smallest absolute Gasteiger partial charge is 0.104 e. The maximum atomic E-state index is 7.27. The maximum Gasteiger partial charge on any atom is 0.120 e. The SMILES string of the molecule is Cc1ccc(C(Cl)(c2ccccc2)c2ccccc2)c(C)c1. The van der Waals surface area contributed by atoms with Crippen molar-refractivity contribution in [1.29, 1.82) is 0 Å². The number of aryl methyl sites for hydroxylation is 2. The molecular weight excluding hydrogens is 288 g/mol. The molecule has 3 aromatic carbocycles. The van der Waals surface area contributed by atoms with E-state index in [1.165, 1.54) is 11.1 Å². The van der Waals surface area contributed by atoms with Gasteiger partial charge in [-0.2, -0.15) is 0 Å². The second-order valence-electron chi connectivity index (χ2n) is 5.71. The molecule has 0 radical (unpaired) electrons. The Morgan fingerprint density at radius 2 is 1.18 bits per heavy atom. The van der Waals surface area contributed by atoms with E-state index in [0.717, 1.165) is 16.7 Å². The van der Waals surface area contributed by atoms with Gasteiger partial charge in [-0.3, -0.25) is 0 Å². The van der Waals surface area contributed by atoms with Crippen molar-refractivity contribution in [1.82, 2.24) is 0 Å². The summed E-state index contributed by atoms with van der Waals surface area (Å²) in [7, 11) is 0. The van der Waals surface area contributed by atoms with E-state index < -0.39 is 4.87 Å². The summed E-state index contributed by atoms with van der Waals surface area (Å²) >= 11 is 7.27. The van der Waals surface area contributed by atoms with Crippen LogP contribution < -0.4 is 0 Å². The van der Waals surface area contributed by atoms with Gasteiger partial charge >= 0.3 is 0 Å². The molecule has 0 aliphatic rings. The Morgan fingerprint density at radius 1 is 0.682 bits per heavy atom. The molecule has 0 saturated carbocycles. The molecular formula is C21H19Cl. The van der Waals surface area contributed by atoms with Crippen molar-refractivity contribution in [3.8, 4) is 0 Å². The minimum Gasteiger partial charge on any atom is -0.104 e. The van der Waals surface area contributed by atoms with Gasteiger partial charge in [0, 0.05) is 0 Å². The summed E-state index contributed by atoms with van der Waals surface area (Å²) in [6.07, 6.45) is 0. The molecule has 0 N–H and O–H groups in total. The minimum atomic E-state index is -0.666. The highest BCUT2D eigenvalue weighted by Crippen LogP contribution is 2.44. The average molecular weight is 307 g/mol. The van der Waals surface area contributed by atoms with Crippen molar-refractivity contribution in [2.75, 3.05) is 0 Å². The van der Waals surface area contributed by atoms with Gasteiger partial charge in [-0.05, 0) is 36.1 Å². The van der Waals surface area contributed by atoms with Crippen LogP contribution in [-0.2, 0) is 4.87 Å². The lowest BCUT2D eigenvalue weighted by Crippen LogP contribution is -2.23. The maximum absolute atomic E-state index is 7.27. The molecule has 3 aromatic rings. The van der Waals surface area contributed by atoms with Gasteiger partial charge in [0.25, 0.3) is 0 Å². The van der Waals surface area contributed by atoms with Crippen LogP contribution in [0.5, 0.6) is 0 Å². The Labute approximate surface area is 137 Å². The Hall–Kier alpha value is -2.05. The molecule has 22 heavy (non-hydrogen) atoms. The quantitative estimate of drug-likeness (QED) is 0.421. The summed E-state index contributed by atoms with van der Waals surface area (Å²) < 4.78 is 0. The Kier molecular flexibility index (Phi) is 4.04. The first kappa shape index (κ1) is 14.9. The second-order valence-corrected chi connectivity index (χ2v) is 6.28. The standard InChI is InChI=1S/C21H19Cl/c1-16-13-14-20(17(2)15-16)21(22,18-9-5-3-6-10-18)19-11-7-4-8-12-19/h3-15H,1-2H3. The molecule has 0 atom stereocenters. The predicted octanol–water partition coefficient (Wildman–Crippen LogP) is 5.83. The Morgan fingerprint density at radius 3 is 1.64 bits per heavy atom. The molecule has 0 aliphatic carbocycles. The van der Waals surface area contributed by atoms with E-state index in [2.05, 4.69) is 56.3 Å². The third-order valence-electron chi connectivity index (χ3n) is 4.10. The zero-order valence-electron chi connectivity index (χ0n) is 12.9. The van der Waals surface area contributed by atoms with E-state index in [-0.39, 0.29) is 0 Å². The molecule has 0 nitrogen and oxygen atoms in total. The molecule has 0 spiro atoms. The zero-order chi connectivity index (χ0) is 15.6. The molecule has 0 fully saturated rings. The molecule has 0 amide bonds. The first-order valence-electron chi connectivity index (χ1n) is 7.50. The fourth-order valence-electron chi connectivity index (χ4n) is 3.01. The van der Waals surface area contributed by atoms with Gasteiger partial charge in [-0.15, -0.1) is 11.6 Å². The van der Waals surface area contributed by atoms with E-state index in [4.69, 9.17) is 11.6 Å². The summed E-state index contributed by atoms with van der Waals surface area (Å²) in [5, 5.41) is 0. The van der Waals surface area contributed by atoms with Crippen LogP contribution in [0.4, 0.5) is 0 Å². The normalized spacial score (nSPS) is 11.4. The van der Waals surface area contributed by atoms with Crippen molar-refractivity contribution in [2.45, 2.75) is 18.7 Å². The molecule has 0 aliphatic heterocycles. The summed E-state index contributed by atoms with van der Waals surface area (Å²) in [5.41, 5.74) is 5.78. The zero-order valence-corrected chi connectivity index (χ0v) is 13.6. The monoisotopic (exact) mass is 306 g/mol. The van der Waals surface area contributed by atoms with Crippen LogP contribution in [0.25, 0.3) is 0 Å². The molecule has 0 aromatic heterocycles. The predicted molar refractivity (Wildman–Crippen MR) is 94.5 cm³/mol. The molecule has 0 unspecified atom stereocenters. The number of halogens is 1.